The van der Waals surface area contributed by atoms with Crippen molar-refractivity contribution in [2.75, 3.05) is 41.8 Å². The van der Waals surface area contributed by atoms with Gasteiger partial charge < -0.3 is 20.3 Å². The monoisotopic (exact) mass is 461 g/mol. The van der Waals surface area contributed by atoms with Crippen molar-refractivity contribution in [3.05, 3.63) is 83.9 Å². The summed E-state index contributed by atoms with van der Waals surface area (Å²) in [4.78, 5) is 27.3. The first-order chi connectivity index (χ1) is 16.1. The van der Waals surface area contributed by atoms with Gasteiger partial charge in [-0.3, -0.25) is 9.59 Å². The van der Waals surface area contributed by atoms with Gasteiger partial charge in [-0.1, -0.05) is 24.3 Å². The van der Waals surface area contributed by atoms with Crippen LogP contribution in [-0.4, -0.2) is 47.9 Å². The zero-order valence-corrected chi connectivity index (χ0v) is 19.4. The molecule has 0 spiro atoms. The van der Waals surface area contributed by atoms with Gasteiger partial charge in [0.25, 0.3) is 5.91 Å². The average molecular weight is 462 g/mol. The van der Waals surface area contributed by atoms with E-state index in [1.807, 2.05) is 84.2 Å². The molecule has 3 aromatic carbocycles. The number of nitrogens with zero attached hydrogens (tertiary/aromatic N) is 1. The lowest BCUT2D eigenvalue weighted by molar-refractivity contribution is -0.114. The van der Waals surface area contributed by atoms with Crippen LogP contribution in [0, 0.1) is 6.92 Å². The average Bonchev–Trinajstić information content (AvgIpc) is 2.85. The molecule has 2 amide bonds. The van der Waals surface area contributed by atoms with E-state index in [2.05, 4.69) is 10.6 Å². The van der Waals surface area contributed by atoms with Crippen molar-refractivity contribution in [1.29, 1.82) is 0 Å². The van der Waals surface area contributed by atoms with Crippen LogP contribution < -0.4 is 15.4 Å². The molecule has 0 saturated carbocycles. The normalized spacial score (nSPS) is 13.3. The highest BCUT2D eigenvalue weighted by atomic mass is 32.2. The van der Waals surface area contributed by atoms with Crippen molar-refractivity contribution < 1.29 is 14.3 Å². The van der Waals surface area contributed by atoms with Gasteiger partial charge in [0, 0.05) is 41.5 Å². The molecule has 0 aromatic heterocycles. The minimum atomic E-state index is -0.170. The smallest absolute Gasteiger partial charge is 0.254 e. The number of para-hydroxylation sites is 1. The minimum Gasteiger partial charge on any atom is -0.457 e. The molecule has 4 rings (SSSR count). The Kier molecular flexibility index (Phi) is 7.52. The number of carbonyl (C=O) groups excluding carboxylic acids is 2. The van der Waals surface area contributed by atoms with Gasteiger partial charge in [-0.15, -0.1) is 0 Å². The van der Waals surface area contributed by atoms with Crippen LogP contribution in [0.2, 0.25) is 0 Å². The predicted molar refractivity (Wildman–Crippen MR) is 134 cm³/mol. The van der Waals surface area contributed by atoms with E-state index in [0.717, 1.165) is 41.6 Å². The summed E-state index contributed by atoms with van der Waals surface area (Å²) in [5, 5.41) is 6.04. The summed E-state index contributed by atoms with van der Waals surface area (Å²) >= 11 is 1.87. The lowest BCUT2D eigenvalue weighted by atomic mass is 10.1. The Hall–Kier alpha value is -3.45. The van der Waals surface area contributed by atoms with Gasteiger partial charge in [0.2, 0.25) is 5.91 Å². The molecule has 0 bridgehead atoms. The summed E-state index contributed by atoms with van der Waals surface area (Å²) in [6.45, 7) is 3.56. The van der Waals surface area contributed by atoms with Gasteiger partial charge in [-0.05, 0) is 61.0 Å². The van der Waals surface area contributed by atoms with Crippen LogP contribution in [-0.2, 0) is 4.79 Å². The highest BCUT2D eigenvalue weighted by Gasteiger charge is 2.20. The number of thioether (sulfide) groups is 1. The molecule has 0 aliphatic carbocycles. The number of nitrogens with one attached hydrogen (secondary N) is 2. The zero-order valence-electron chi connectivity index (χ0n) is 18.5. The van der Waals surface area contributed by atoms with E-state index in [1.54, 1.807) is 12.1 Å². The standard InChI is InChI=1S/C26H27N3O3S/c1-19-23(26(31)29-14-16-33-17-15-29)8-5-9-24(19)27-18-25(30)28-20-10-12-22(13-11-20)32-21-6-3-2-4-7-21/h2-13,27H,14-18H2,1H3,(H,28,30). The molecule has 0 atom stereocenters. The molecule has 6 nitrogen and oxygen atoms in total. The topological polar surface area (TPSA) is 70.7 Å². The number of hydrogen-bond acceptors (Lipinski definition) is 5. The highest BCUT2D eigenvalue weighted by Crippen LogP contribution is 2.24. The molecule has 1 saturated heterocycles. The third-order valence-corrected chi connectivity index (χ3v) is 6.36. The number of anilines is 2. The van der Waals surface area contributed by atoms with Gasteiger partial charge in [0.1, 0.15) is 11.5 Å². The van der Waals surface area contributed by atoms with Crippen LogP contribution in [0.1, 0.15) is 15.9 Å². The number of benzene rings is 3. The molecule has 0 radical (unpaired) electrons. The number of hydrogen-bond donors (Lipinski definition) is 2. The van der Waals surface area contributed by atoms with Crippen LogP contribution in [0.3, 0.4) is 0 Å². The molecule has 3 aromatic rings. The summed E-state index contributed by atoms with van der Waals surface area (Å²) in [6, 6.07) is 22.4. The molecule has 1 fully saturated rings. The maximum absolute atomic E-state index is 12.9. The maximum Gasteiger partial charge on any atom is 0.254 e. The molecule has 1 heterocycles. The van der Waals surface area contributed by atoms with Crippen molar-refractivity contribution in [2.45, 2.75) is 6.92 Å². The summed E-state index contributed by atoms with van der Waals surface area (Å²) < 4.78 is 5.77. The summed E-state index contributed by atoms with van der Waals surface area (Å²) in [5.74, 6) is 3.29. The Morgan fingerprint density at radius 2 is 1.61 bits per heavy atom. The number of rotatable bonds is 7. The first kappa shape index (κ1) is 22.7. The second-order valence-electron chi connectivity index (χ2n) is 7.72. The van der Waals surface area contributed by atoms with Gasteiger partial charge >= 0.3 is 0 Å². The fraction of sp³-hybridized carbons (Fsp3) is 0.231. The molecule has 33 heavy (non-hydrogen) atoms. The molecule has 1 aliphatic heterocycles. The van der Waals surface area contributed by atoms with Gasteiger partial charge in [0.05, 0.1) is 6.54 Å². The molecule has 7 heteroatoms. The molecule has 0 unspecified atom stereocenters. The largest absolute Gasteiger partial charge is 0.457 e. The second kappa shape index (κ2) is 10.9. The number of amides is 2. The molecule has 2 N–H and O–H groups in total. The third-order valence-electron chi connectivity index (χ3n) is 5.42. The predicted octanol–water partition coefficient (Wildman–Crippen LogP) is 5.03. The Balaban J connectivity index is 1.32. The minimum absolute atomic E-state index is 0.0544. The van der Waals surface area contributed by atoms with E-state index in [1.165, 1.54) is 0 Å². The van der Waals surface area contributed by atoms with E-state index < -0.39 is 0 Å². The van der Waals surface area contributed by atoms with Crippen LogP contribution >= 0.6 is 11.8 Å². The first-order valence-corrected chi connectivity index (χ1v) is 12.1. The molecule has 1 aliphatic rings. The molecular weight excluding hydrogens is 434 g/mol. The quantitative estimate of drug-likeness (QED) is 0.517. The van der Waals surface area contributed by atoms with Crippen LogP contribution in [0.15, 0.2) is 72.8 Å². The van der Waals surface area contributed by atoms with Crippen molar-refractivity contribution in [3.8, 4) is 11.5 Å². The lowest BCUT2D eigenvalue weighted by Crippen LogP contribution is -2.38. The SMILES string of the molecule is Cc1c(NCC(=O)Nc2ccc(Oc3ccccc3)cc2)cccc1C(=O)N1CCSCC1. The van der Waals surface area contributed by atoms with E-state index in [0.29, 0.717) is 17.0 Å². The molecular formula is C26H27N3O3S. The third kappa shape index (κ3) is 6.08. The first-order valence-electron chi connectivity index (χ1n) is 10.9. The highest BCUT2D eigenvalue weighted by molar-refractivity contribution is 7.99. The Morgan fingerprint density at radius 3 is 2.33 bits per heavy atom. The van der Waals surface area contributed by atoms with Gasteiger partial charge in [-0.25, -0.2) is 0 Å². The fourth-order valence-electron chi connectivity index (χ4n) is 3.61. The Bertz CT molecular complexity index is 1100. The van der Waals surface area contributed by atoms with Crippen molar-refractivity contribution in [3.63, 3.8) is 0 Å². The van der Waals surface area contributed by atoms with E-state index in [-0.39, 0.29) is 18.4 Å². The number of ether oxygens (including phenoxy) is 1. The summed E-state index contributed by atoms with van der Waals surface area (Å²) in [6.07, 6.45) is 0. The Labute approximate surface area is 198 Å². The second-order valence-corrected chi connectivity index (χ2v) is 8.95. The van der Waals surface area contributed by atoms with Gasteiger partial charge in [-0.2, -0.15) is 11.8 Å². The van der Waals surface area contributed by atoms with Crippen LogP contribution in [0.25, 0.3) is 0 Å². The van der Waals surface area contributed by atoms with Gasteiger partial charge in [0.15, 0.2) is 0 Å². The van der Waals surface area contributed by atoms with E-state index in [4.69, 9.17) is 4.74 Å². The van der Waals surface area contributed by atoms with E-state index in [9.17, 15) is 9.59 Å². The van der Waals surface area contributed by atoms with Crippen molar-refractivity contribution in [1.82, 2.24) is 4.90 Å². The molecule has 170 valence electrons. The lowest BCUT2D eigenvalue weighted by Gasteiger charge is -2.27. The fourth-order valence-corrected chi connectivity index (χ4v) is 4.51. The van der Waals surface area contributed by atoms with Crippen LogP contribution in [0.5, 0.6) is 11.5 Å². The summed E-state index contributed by atoms with van der Waals surface area (Å²) in [7, 11) is 0. The van der Waals surface area contributed by atoms with Crippen molar-refractivity contribution in [2.24, 2.45) is 0 Å². The van der Waals surface area contributed by atoms with Crippen LogP contribution in [0.4, 0.5) is 11.4 Å². The number of carbonyl (C=O) groups is 2. The van der Waals surface area contributed by atoms with Crippen molar-refractivity contribution >= 4 is 35.0 Å². The zero-order chi connectivity index (χ0) is 23.0. The summed E-state index contributed by atoms with van der Waals surface area (Å²) in [5.41, 5.74) is 3.01. The Morgan fingerprint density at radius 1 is 0.909 bits per heavy atom. The van der Waals surface area contributed by atoms with E-state index >= 15 is 0 Å². The maximum atomic E-state index is 12.9.